The molecule has 0 bridgehead atoms. The molecule has 1 aromatic heterocycles. The SMILES string of the molecule is CC1(Nc2ncc(C(=O)O)cc2N)CCC1. The van der Waals surface area contributed by atoms with Crippen molar-refractivity contribution in [3.8, 4) is 0 Å². The van der Waals surface area contributed by atoms with Gasteiger partial charge in [-0.25, -0.2) is 9.78 Å². The maximum absolute atomic E-state index is 10.7. The number of hydrogen-bond acceptors (Lipinski definition) is 4. The topological polar surface area (TPSA) is 88.2 Å². The van der Waals surface area contributed by atoms with E-state index in [9.17, 15) is 4.79 Å². The largest absolute Gasteiger partial charge is 0.478 e. The van der Waals surface area contributed by atoms with Crippen LogP contribution >= 0.6 is 0 Å². The van der Waals surface area contributed by atoms with Crippen molar-refractivity contribution < 1.29 is 9.90 Å². The Morgan fingerprint density at radius 1 is 1.62 bits per heavy atom. The van der Waals surface area contributed by atoms with Crippen LogP contribution in [0.15, 0.2) is 12.3 Å². The van der Waals surface area contributed by atoms with Crippen molar-refractivity contribution in [3.63, 3.8) is 0 Å². The maximum atomic E-state index is 10.7. The minimum atomic E-state index is -1.01. The zero-order chi connectivity index (χ0) is 11.8. The van der Waals surface area contributed by atoms with Crippen molar-refractivity contribution in [2.75, 3.05) is 11.1 Å². The van der Waals surface area contributed by atoms with Crippen molar-refractivity contribution >= 4 is 17.5 Å². The highest BCUT2D eigenvalue weighted by Gasteiger charge is 2.32. The first-order valence-electron chi connectivity index (χ1n) is 5.27. The van der Waals surface area contributed by atoms with E-state index in [1.54, 1.807) is 0 Å². The first-order chi connectivity index (χ1) is 7.50. The number of carbonyl (C=O) groups is 1. The lowest BCUT2D eigenvalue weighted by Crippen LogP contribution is -2.42. The minimum Gasteiger partial charge on any atom is -0.478 e. The van der Waals surface area contributed by atoms with Gasteiger partial charge in [0.15, 0.2) is 0 Å². The van der Waals surface area contributed by atoms with E-state index < -0.39 is 5.97 Å². The van der Waals surface area contributed by atoms with E-state index in [0.717, 1.165) is 12.8 Å². The number of nitrogens with two attached hydrogens (primary N) is 1. The van der Waals surface area contributed by atoms with Gasteiger partial charge in [0.05, 0.1) is 11.3 Å². The summed E-state index contributed by atoms with van der Waals surface area (Å²) in [4.78, 5) is 14.8. The van der Waals surface area contributed by atoms with Crippen LogP contribution in [0.25, 0.3) is 0 Å². The molecule has 1 aliphatic rings. The summed E-state index contributed by atoms with van der Waals surface area (Å²) >= 11 is 0. The first kappa shape index (κ1) is 10.7. The Bertz CT molecular complexity index is 427. The molecule has 5 nitrogen and oxygen atoms in total. The third kappa shape index (κ3) is 1.93. The van der Waals surface area contributed by atoms with E-state index in [0.29, 0.717) is 11.5 Å². The zero-order valence-corrected chi connectivity index (χ0v) is 9.16. The standard InChI is InChI=1S/C11H15N3O2/c1-11(3-2-4-11)14-9-8(12)5-7(6-13-9)10(15)16/h5-6H,2-4,12H2,1H3,(H,13,14)(H,15,16). The van der Waals surface area contributed by atoms with Gasteiger partial charge in [-0.05, 0) is 32.3 Å². The molecule has 1 aromatic rings. The van der Waals surface area contributed by atoms with Gasteiger partial charge in [0.2, 0.25) is 0 Å². The van der Waals surface area contributed by atoms with Gasteiger partial charge in [0.25, 0.3) is 0 Å². The Labute approximate surface area is 93.7 Å². The second-order valence-corrected chi connectivity index (χ2v) is 4.51. The molecule has 0 aromatic carbocycles. The molecule has 0 amide bonds. The lowest BCUT2D eigenvalue weighted by molar-refractivity contribution is 0.0696. The number of aromatic carboxylic acids is 1. The fourth-order valence-corrected chi connectivity index (χ4v) is 1.82. The average molecular weight is 221 g/mol. The number of carboxylic acids is 1. The van der Waals surface area contributed by atoms with E-state index in [1.165, 1.54) is 18.7 Å². The molecule has 86 valence electrons. The third-order valence-corrected chi connectivity index (χ3v) is 3.04. The molecule has 0 unspecified atom stereocenters. The molecule has 2 rings (SSSR count). The summed E-state index contributed by atoms with van der Waals surface area (Å²) in [6, 6.07) is 1.43. The molecule has 0 spiro atoms. The maximum Gasteiger partial charge on any atom is 0.337 e. The van der Waals surface area contributed by atoms with E-state index in [-0.39, 0.29) is 11.1 Å². The molecule has 1 aliphatic carbocycles. The number of aromatic nitrogens is 1. The fraction of sp³-hybridized carbons (Fsp3) is 0.455. The van der Waals surface area contributed by atoms with Gasteiger partial charge in [-0.15, -0.1) is 0 Å². The van der Waals surface area contributed by atoms with Crippen molar-refractivity contribution in [2.45, 2.75) is 31.7 Å². The Morgan fingerprint density at radius 3 is 2.75 bits per heavy atom. The molecular weight excluding hydrogens is 206 g/mol. The normalized spacial score (nSPS) is 17.6. The van der Waals surface area contributed by atoms with E-state index in [4.69, 9.17) is 10.8 Å². The molecule has 1 saturated carbocycles. The van der Waals surface area contributed by atoms with E-state index >= 15 is 0 Å². The molecular formula is C11H15N3O2. The summed E-state index contributed by atoms with van der Waals surface area (Å²) in [7, 11) is 0. The molecule has 1 fully saturated rings. The van der Waals surface area contributed by atoms with Crippen LogP contribution in [-0.4, -0.2) is 21.6 Å². The molecule has 16 heavy (non-hydrogen) atoms. The Morgan fingerprint density at radius 2 is 2.31 bits per heavy atom. The zero-order valence-electron chi connectivity index (χ0n) is 9.16. The number of pyridine rings is 1. The van der Waals surface area contributed by atoms with Gasteiger partial charge in [0.1, 0.15) is 5.82 Å². The Hall–Kier alpha value is -1.78. The van der Waals surface area contributed by atoms with Crippen LogP contribution in [0.3, 0.4) is 0 Å². The smallest absolute Gasteiger partial charge is 0.337 e. The van der Waals surface area contributed by atoms with Crippen molar-refractivity contribution in [2.24, 2.45) is 0 Å². The number of rotatable bonds is 3. The number of hydrogen-bond donors (Lipinski definition) is 3. The molecule has 0 saturated heterocycles. The molecule has 0 radical (unpaired) electrons. The predicted molar refractivity (Wildman–Crippen MR) is 61.5 cm³/mol. The highest BCUT2D eigenvalue weighted by molar-refractivity contribution is 5.89. The summed E-state index contributed by atoms with van der Waals surface area (Å²) in [5.41, 5.74) is 6.31. The first-order valence-corrected chi connectivity index (χ1v) is 5.27. The van der Waals surface area contributed by atoms with Crippen molar-refractivity contribution in [1.82, 2.24) is 4.98 Å². The van der Waals surface area contributed by atoms with Crippen LogP contribution in [0.5, 0.6) is 0 Å². The van der Waals surface area contributed by atoms with Crippen LogP contribution in [-0.2, 0) is 0 Å². The number of nitrogen functional groups attached to an aromatic ring is 1. The molecule has 0 aliphatic heterocycles. The van der Waals surface area contributed by atoms with Crippen LogP contribution in [0.4, 0.5) is 11.5 Å². The lowest BCUT2D eigenvalue weighted by atomic mass is 9.78. The molecule has 4 N–H and O–H groups in total. The highest BCUT2D eigenvalue weighted by Crippen LogP contribution is 2.35. The summed E-state index contributed by atoms with van der Waals surface area (Å²) < 4.78 is 0. The third-order valence-electron chi connectivity index (χ3n) is 3.04. The second kappa shape index (κ2) is 3.66. The average Bonchev–Trinajstić information content (AvgIpc) is 2.18. The second-order valence-electron chi connectivity index (χ2n) is 4.51. The quantitative estimate of drug-likeness (QED) is 0.723. The van der Waals surface area contributed by atoms with Crippen LogP contribution in [0.1, 0.15) is 36.5 Å². The van der Waals surface area contributed by atoms with Gasteiger partial charge >= 0.3 is 5.97 Å². The molecule has 5 heteroatoms. The van der Waals surface area contributed by atoms with E-state index in [1.807, 2.05) is 0 Å². The summed E-state index contributed by atoms with van der Waals surface area (Å²) in [6.07, 6.45) is 4.71. The number of nitrogens with one attached hydrogen (secondary N) is 1. The highest BCUT2D eigenvalue weighted by atomic mass is 16.4. The van der Waals surface area contributed by atoms with Gasteiger partial charge in [-0.2, -0.15) is 0 Å². The fourth-order valence-electron chi connectivity index (χ4n) is 1.82. The van der Waals surface area contributed by atoms with Crippen molar-refractivity contribution in [3.05, 3.63) is 17.8 Å². The summed E-state index contributed by atoms with van der Waals surface area (Å²) in [5, 5.41) is 12.0. The number of anilines is 2. The van der Waals surface area contributed by atoms with Crippen LogP contribution < -0.4 is 11.1 Å². The lowest BCUT2D eigenvalue weighted by Gasteiger charge is -2.39. The van der Waals surface area contributed by atoms with Gasteiger partial charge < -0.3 is 16.2 Å². The Balaban J connectivity index is 2.19. The van der Waals surface area contributed by atoms with Crippen LogP contribution in [0.2, 0.25) is 0 Å². The minimum absolute atomic E-state index is 0.0614. The van der Waals surface area contributed by atoms with Gasteiger partial charge in [0, 0.05) is 11.7 Å². The number of nitrogens with zero attached hydrogens (tertiary/aromatic N) is 1. The molecule has 0 atom stereocenters. The summed E-state index contributed by atoms with van der Waals surface area (Å²) in [5.74, 6) is -0.437. The predicted octanol–water partition coefficient (Wildman–Crippen LogP) is 1.72. The van der Waals surface area contributed by atoms with Crippen molar-refractivity contribution in [1.29, 1.82) is 0 Å². The van der Waals surface area contributed by atoms with Gasteiger partial charge in [-0.1, -0.05) is 0 Å². The molecule has 1 heterocycles. The van der Waals surface area contributed by atoms with Gasteiger partial charge in [-0.3, -0.25) is 0 Å². The Kier molecular flexibility index (Phi) is 2.46. The number of carboxylic acid groups (broad SMARTS) is 1. The van der Waals surface area contributed by atoms with E-state index in [2.05, 4.69) is 17.2 Å². The summed E-state index contributed by atoms with van der Waals surface area (Å²) in [6.45, 7) is 2.11. The monoisotopic (exact) mass is 221 g/mol. The van der Waals surface area contributed by atoms with Crippen LogP contribution in [0, 0.1) is 0 Å².